The molecule has 0 aromatic heterocycles. The van der Waals surface area contributed by atoms with E-state index in [0.29, 0.717) is 0 Å². The lowest BCUT2D eigenvalue weighted by atomic mass is 10.0. The molecule has 0 spiro atoms. The molecule has 0 heterocycles. The van der Waals surface area contributed by atoms with E-state index in [1.165, 1.54) is 6.92 Å². The van der Waals surface area contributed by atoms with Gasteiger partial charge in [0.2, 0.25) is 11.8 Å². The smallest absolute Gasteiger partial charge is 0.242 e. The summed E-state index contributed by atoms with van der Waals surface area (Å²) in [5.41, 5.74) is 2.94. The first-order chi connectivity index (χ1) is 10.1. The van der Waals surface area contributed by atoms with Crippen LogP contribution in [0.5, 0.6) is 0 Å². The van der Waals surface area contributed by atoms with E-state index >= 15 is 0 Å². The van der Waals surface area contributed by atoms with Crippen LogP contribution in [0, 0.1) is 13.8 Å². The molecule has 0 unspecified atom stereocenters. The Morgan fingerprint density at radius 2 is 1.91 bits per heavy atom. The van der Waals surface area contributed by atoms with Gasteiger partial charge in [-0.05, 0) is 44.9 Å². The normalized spacial score (nSPS) is 12.6. The Kier molecular flexibility index (Phi) is 6.44. The number of thiol groups is 1. The van der Waals surface area contributed by atoms with Crippen LogP contribution in [0.1, 0.15) is 31.9 Å². The van der Waals surface area contributed by atoms with Crippen molar-refractivity contribution in [3.05, 3.63) is 29.3 Å². The van der Waals surface area contributed by atoms with Crippen molar-refractivity contribution >= 4 is 30.1 Å². The predicted molar refractivity (Wildman–Crippen MR) is 93.2 cm³/mol. The molecule has 0 saturated carbocycles. The molecule has 1 rings (SSSR count). The second-order valence-electron chi connectivity index (χ2n) is 5.94. The molecule has 122 valence electrons. The zero-order chi connectivity index (χ0) is 16.9. The van der Waals surface area contributed by atoms with Crippen molar-refractivity contribution in [1.82, 2.24) is 10.6 Å². The van der Waals surface area contributed by atoms with E-state index in [1.54, 1.807) is 0 Å². The highest BCUT2D eigenvalue weighted by molar-refractivity contribution is 7.81. The molecule has 1 atom stereocenters. The lowest BCUT2D eigenvalue weighted by Crippen LogP contribution is -2.54. The van der Waals surface area contributed by atoms with Crippen molar-refractivity contribution < 1.29 is 9.59 Å². The fourth-order valence-corrected chi connectivity index (χ4v) is 2.24. The summed E-state index contributed by atoms with van der Waals surface area (Å²) < 4.78 is -0.583. The van der Waals surface area contributed by atoms with E-state index < -0.39 is 10.8 Å². The summed E-state index contributed by atoms with van der Waals surface area (Å²) in [5, 5.41) is 8.58. The SMILES string of the molecule is CC(=O)NCN[C@H](C(=O)Nc1cccc(C)c1C)C(C)(C)S. The third-order valence-electron chi connectivity index (χ3n) is 3.47. The quantitative estimate of drug-likeness (QED) is 0.478. The van der Waals surface area contributed by atoms with Gasteiger partial charge in [-0.15, -0.1) is 0 Å². The molecule has 0 aliphatic heterocycles. The fraction of sp³-hybridized carbons (Fsp3) is 0.500. The van der Waals surface area contributed by atoms with Gasteiger partial charge in [0.25, 0.3) is 0 Å². The number of anilines is 1. The molecule has 22 heavy (non-hydrogen) atoms. The molecule has 0 fully saturated rings. The average molecular weight is 323 g/mol. The van der Waals surface area contributed by atoms with Crippen molar-refractivity contribution in [3.63, 3.8) is 0 Å². The zero-order valence-corrected chi connectivity index (χ0v) is 14.7. The number of hydrogen-bond donors (Lipinski definition) is 4. The number of carbonyl (C=O) groups excluding carboxylic acids is 2. The van der Waals surface area contributed by atoms with Crippen LogP contribution in [0.15, 0.2) is 18.2 Å². The molecule has 0 bridgehead atoms. The highest BCUT2D eigenvalue weighted by Gasteiger charge is 2.32. The van der Waals surface area contributed by atoms with Crippen LogP contribution in [-0.4, -0.2) is 29.3 Å². The lowest BCUT2D eigenvalue weighted by molar-refractivity contribution is -0.121. The van der Waals surface area contributed by atoms with Gasteiger partial charge in [0.05, 0.1) is 6.67 Å². The van der Waals surface area contributed by atoms with Gasteiger partial charge in [0.1, 0.15) is 6.04 Å². The van der Waals surface area contributed by atoms with Crippen molar-refractivity contribution in [2.24, 2.45) is 0 Å². The van der Waals surface area contributed by atoms with Gasteiger partial charge < -0.3 is 10.6 Å². The number of benzene rings is 1. The van der Waals surface area contributed by atoms with Crippen LogP contribution < -0.4 is 16.0 Å². The Labute approximate surface area is 137 Å². The second kappa shape index (κ2) is 7.65. The van der Waals surface area contributed by atoms with Crippen molar-refractivity contribution in [2.45, 2.75) is 45.4 Å². The summed E-state index contributed by atoms with van der Waals surface area (Å²) in [4.78, 5) is 23.5. The Balaban J connectivity index is 2.84. The van der Waals surface area contributed by atoms with Crippen LogP contribution >= 0.6 is 12.6 Å². The monoisotopic (exact) mass is 323 g/mol. The molecule has 0 saturated heterocycles. The van der Waals surface area contributed by atoms with Crippen molar-refractivity contribution in [2.75, 3.05) is 12.0 Å². The van der Waals surface area contributed by atoms with Gasteiger partial charge in [-0.2, -0.15) is 12.6 Å². The largest absolute Gasteiger partial charge is 0.344 e. The molecule has 0 aliphatic carbocycles. The predicted octanol–water partition coefficient (Wildman–Crippen LogP) is 2.00. The summed E-state index contributed by atoms with van der Waals surface area (Å²) in [6.07, 6.45) is 0. The highest BCUT2D eigenvalue weighted by atomic mass is 32.1. The van der Waals surface area contributed by atoms with Crippen LogP contribution in [-0.2, 0) is 9.59 Å². The highest BCUT2D eigenvalue weighted by Crippen LogP contribution is 2.22. The molecule has 2 amide bonds. The van der Waals surface area contributed by atoms with E-state index in [9.17, 15) is 9.59 Å². The molecule has 1 aromatic rings. The van der Waals surface area contributed by atoms with Gasteiger partial charge in [0.15, 0.2) is 0 Å². The summed E-state index contributed by atoms with van der Waals surface area (Å²) >= 11 is 4.49. The topological polar surface area (TPSA) is 70.2 Å². The third-order valence-corrected chi connectivity index (χ3v) is 3.73. The summed E-state index contributed by atoms with van der Waals surface area (Å²) in [6.45, 7) is 9.31. The molecule has 6 heteroatoms. The van der Waals surface area contributed by atoms with Crippen LogP contribution in [0.3, 0.4) is 0 Å². The number of carbonyl (C=O) groups is 2. The van der Waals surface area contributed by atoms with Gasteiger partial charge in [0, 0.05) is 17.4 Å². The Morgan fingerprint density at radius 3 is 2.45 bits per heavy atom. The van der Waals surface area contributed by atoms with E-state index in [0.717, 1.165) is 16.8 Å². The molecule has 0 aliphatic rings. The number of rotatable bonds is 6. The van der Waals surface area contributed by atoms with Crippen LogP contribution in [0.2, 0.25) is 0 Å². The molecule has 0 radical (unpaired) electrons. The second-order valence-corrected chi connectivity index (χ2v) is 7.09. The van der Waals surface area contributed by atoms with E-state index in [2.05, 4.69) is 28.6 Å². The maximum Gasteiger partial charge on any atom is 0.242 e. The van der Waals surface area contributed by atoms with E-state index in [4.69, 9.17) is 0 Å². The van der Waals surface area contributed by atoms with E-state index in [-0.39, 0.29) is 18.5 Å². The Bertz CT molecular complexity index is 553. The first-order valence-corrected chi connectivity index (χ1v) is 7.65. The minimum Gasteiger partial charge on any atom is -0.344 e. The first-order valence-electron chi connectivity index (χ1n) is 7.20. The van der Waals surface area contributed by atoms with Gasteiger partial charge in [-0.1, -0.05) is 12.1 Å². The lowest BCUT2D eigenvalue weighted by Gasteiger charge is -2.30. The minimum absolute atomic E-state index is 0.154. The maximum absolute atomic E-state index is 12.6. The first kappa shape index (κ1) is 18.5. The zero-order valence-electron chi connectivity index (χ0n) is 13.8. The Hall–Kier alpha value is -1.53. The molecule has 3 N–H and O–H groups in total. The molecule has 1 aromatic carbocycles. The molecule has 5 nitrogen and oxygen atoms in total. The van der Waals surface area contributed by atoms with Crippen molar-refractivity contribution in [3.8, 4) is 0 Å². The fourth-order valence-electron chi connectivity index (χ4n) is 2.03. The number of hydrogen-bond acceptors (Lipinski definition) is 4. The standard InChI is InChI=1S/C16H25N3O2S/c1-10-7-6-8-13(11(10)2)19-15(21)14(16(4,5)22)18-9-17-12(3)20/h6-8,14,18,22H,9H2,1-5H3,(H,17,20)(H,19,21)/t14-/m1/s1. The third kappa shape index (κ3) is 5.35. The van der Waals surface area contributed by atoms with Gasteiger partial charge >= 0.3 is 0 Å². The molecular formula is C16H25N3O2S. The maximum atomic E-state index is 12.6. The van der Waals surface area contributed by atoms with E-state index in [1.807, 2.05) is 45.9 Å². The summed E-state index contributed by atoms with van der Waals surface area (Å²) in [5.74, 6) is -0.336. The van der Waals surface area contributed by atoms with Gasteiger partial charge in [-0.3, -0.25) is 14.9 Å². The molecular weight excluding hydrogens is 298 g/mol. The number of nitrogens with one attached hydrogen (secondary N) is 3. The van der Waals surface area contributed by atoms with Crippen LogP contribution in [0.4, 0.5) is 5.69 Å². The van der Waals surface area contributed by atoms with Crippen LogP contribution in [0.25, 0.3) is 0 Å². The number of amides is 2. The Morgan fingerprint density at radius 1 is 1.27 bits per heavy atom. The van der Waals surface area contributed by atoms with Crippen molar-refractivity contribution in [1.29, 1.82) is 0 Å². The number of aryl methyl sites for hydroxylation is 1. The summed E-state index contributed by atoms with van der Waals surface area (Å²) in [7, 11) is 0. The minimum atomic E-state index is -0.583. The summed E-state index contributed by atoms with van der Waals surface area (Å²) in [6, 6.07) is 5.22. The average Bonchev–Trinajstić information content (AvgIpc) is 2.38. The van der Waals surface area contributed by atoms with Gasteiger partial charge in [-0.25, -0.2) is 0 Å².